The largest absolute Gasteiger partial charge is 0.323 e. The Bertz CT molecular complexity index is 863. The van der Waals surface area contributed by atoms with Crippen molar-refractivity contribution < 1.29 is 22.0 Å². The van der Waals surface area contributed by atoms with Crippen molar-refractivity contribution in [3.8, 4) is 0 Å². The van der Waals surface area contributed by atoms with Crippen molar-refractivity contribution in [2.24, 2.45) is 5.14 Å². The molecule has 2 aromatic rings. The molecule has 2 aromatic carbocycles. The number of sulfonamides is 1. The van der Waals surface area contributed by atoms with Crippen molar-refractivity contribution in [1.82, 2.24) is 0 Å². The lowest BCUT2D eigenvalue weighted by molar-refractivity contribution is -0.111. The SMILES string of the molecule is NS(=O)(=O)c1ccc(NC(=O)/C=C/c2ccc(F)c(F)c2)cc1. The molecule has 0 bridgehead atoms. The van der Waals surface area contributed by atoms with Crippen molar-refractivity contribution >= 4 is 27.7 Å². The summed E-state index contributed by atoms with van der Waals surface area (Å²) in [6.45, 7) is 0. The van der Waals surface area contributed by atoms with Crippen LogP contribution in [0.4, 0.5) is 14.5 Å². The molecule has 0 aliphatic rings. The zero-order valence-corrected chi connectivity index (χ0v) is 12.5. The summed E-state index contributed by atoms with van der Waals surface area (Å²) in [7, 11) is -3.79. The van der Waals surface area contributed by atoms with Gasteiger partial charge in [-0.2, -0.15) is 0 Å². The third-order valence-corrected chi connectivity index (χ3v) is 3.75. The molecule has 0 aliphatic heterocycles. The first-order chi connectivity index (χ1) is 10.8. The third kappa shape index (κ3) is 4.70. The van der Waals surface area contributed by atoms with E-state index < -0.39 is 27.6 Å². The van der Waals surface area contributed by atoms with Gasteiger partial charge in [0.2, 0.25) is 15.9 Å². The molecule has 0 unspecified atom stereocenters. The highest BCUT2D eigenvalue weighted by molar-refractivity contribution is 7.89. The number of carbonyl (C=O) groups excluding carboxylic acids is 1. The number of nitrogens with two attached hydrogens (primary N) is 1. The fourth-order valence-corrected chi connectivity index (χ4v) is 2.22. The molecule has 0 radical (unpaired) electrons. The van der Waals surface area contributed by atoms with Gasteiger partial charge in [0, 0.05) is 11.8 Å². The predicted molar refractivity (Wildman–Crippen MR) is 81.8 cm³/mol. The number of primary sulfonamides is 1. The maximum Gasteiger partial charge on any atom is 0.248 e. The number of carbonyl (C=O) groups is 1. The molecule has 8 heteroatoms. The fraction of sp³-hybridized carbons (Fsp3) is 0. The van der Waals surface area contributed by atoms with Crippen LogP contribution >= 0.6 is 0 Å². The lowest BCUT2D eigenvalue weighted by Gasteiger charge is -2.03. The van der Waals surface area contributed by atoms with Crippen LogP contribution in [0.15, 0.2) is 53.4 Å². The average Bonchev–Trinajstić information content (AvgIpc) is 2.48. The molecule has 0 saturated carbocycles. The molecule has 0 saturated heterocycles. The maximum absolute atomic E-state index is 13.0. The van der Waals surface area contributed by atoms with Crippen LogP contribution in [0, 0.1) is 11.6 Å². The van der Waals surface area contributed by atoms with E-state index in [1.165, 1.54) is 36.4 Å². The molecular weight excluding hydrogens is 326 g/mol. The third-order valence-electron chi connectivity index (χ3n) is 2.82. The summed E-state index contributed by atoms with van der Waals surface area (Å²) in [5, 5.41) is 7.45. The number of amides is 1. The monoisotopic (exact) mass is 338 g/mol. The first-order valence-electron chi connectivity index (χ1n) is 6.33. The van der Waals surface area contributed by atoms with Gasteiger partial charge in [-0.05, 0) is 48.0 Å². The number of anilines is 1. The summed E-state index contributed by atoms with van der Waals surface area (Å²) >= 11 is 0. The van der Waals surface area contributed by atoms with Crippen LogP contribution in [0.3, 0.4) is 0 Å². The predicted octanol–water partition coefficient (Wildman–Crippen LogP) is 2.26. The Balaban J connectivity index is 2.04. The van der Waals surface area contributed by atoms with E-state index in [-0.39, 0.29) is 4.90 Å². The standard InChI is InChI=1S/C15H12F2N2O3S/c16-13-7-1-10(9-14(13)17)2-8-15(20)19-11-3-5-12(6-4-11)23(18,21)22/h1-9H,(H,19,20)(H2,18,21,22)/b8-2+. The fourth-order valence-electron chi connectivity index (χ4n) is 1.70. The number of benzene rings is 2. The molecule has 3 N–H and O–H groups in total. The Hall–Kier alpha value is -2.58. The van der Waals surface area contributed by atoms with E-state index in [2.05, 4.69) is 5.32 Å². The van der Waals surface area contributed by atoms with E-state index in [4.69, 9.17) is 5.14 Å². The lowest BCUT2D eigenvalue weighted by Crippen LogP contribution is -2.12. The number of rotatable bonds is 4. The van der Waals surface area contributed by atoms with Crippen LogP contribution in [0.5, 0.6) is 0 Å². The van der Waals surface area contributed by atoms with E-state index >= 15 is 0 Å². The number of hydrogen-bond donors (Lipinski definition) is 2. The lowest BCUT2D eigenvalue weighted by atomic mass is 10.2. The van der Waals surface area contributed by atoms with Crippen LogP contribution < -0.4 is 10.5 Å². The summed E-state index contributed by atoms with van der Waals surface area (Å²) in [5.74, 6) is -2.49. The van der Waals surface area contributed by atoms with E-state index in [1.807, 2.05) is 0 Å². The zero-order valence-electron chi connectivity index (χ0n) is 11.7. The van der Waals surface area contributed by atoms with Crippen molar-refractivity contribution in [3.63, 3.8) is 0 Å². The molecule has 2 rings (SSSR count). The molecule has 0 heterocycles. The van der Waals surface area contributed by atoms with Gasteiger partial charge in [0.05, 0.1) is 4.90 Å². The Morgan fingerprint density at radius 3 is 2.26 bits per heavy atom. The van der Waals surface area contributed by atoms with Crippen molar-refractivity contribution in [1.29, 1.82) is 0 Å². The highest BCUT2D eigenvalue weighted by atomic mass is 32.2. The molecule has 0 atom stereocenters. The average molecular weight is 338 g/mol. The second kappa shape index (κ2) is 6.67. The van der Waals surface area contributed by atoms with Gasteiger partial charge < -0.3 is 5.32 Å². The number of halogens is 2. The minimum absolute atomic E-state index is 0.0761. The van der Waals surface area contributed by atoms with Crippen molar-refractivity contribution in [2.75, 3.05) is 5.32 Å². The summed E-state index contributed by atoms with van der Waals surface area (Å²) in [5.41, 5.74) is 0.681. The summed E-state index contributed by atoms with van der Waals surface area (Å²) in [6.07, 6.45) is 2.46. The van der Waals surface area contributed by atoms with Crippen LogP contribution in [0.1, 0.15) is 5.56 Å². The second-order valence-electron chi connectivity index (χ2n) is 4.57. The molecule has 23 heavy (non-hydrogen) atoms. The minimum Gasteiger partial charge on any atom is -0.323 e. The molecule has 0 fully saturated rings. The van der Waals surface area contributed by atoms with Gasteiger partial charge in [-0.1, -0.05) is 6.07 Å². The smallest absolute Gasteiger partial charge is 0.248 e. The Labute approximate surface area is 131 Å². The number of hydrogen-bond acceptors (Lipinski definition) is 3. The second-order valence-corrected chi connectivity index (χ2v) is 6.13. The van der Waals surface area contributed by atoms with Crippen LogP contribution in [-0.4, -0.2) is 14.3 Å². The van der Waals surface area contributed by atoms with Crippen LogP contribution in [-0.2, 0) is 14.8 Å². The van der Waals surface area contributed by atoms with Gasteiger partial charge in [-0.25, -0.2) is 22.3 Å². The first-order valence-corrected chi connectivity index (χ1v) is 7.87. The van der Waals surface area contributed by atoms with Gasteiger partial charge in [-0.15, -0.1) is 0 Å². The first kappa shape index (κ1) is 16.8. The van der Waals surface area contributed by atoms with Gasteiger partial charge in [-0.3, -0.25) is 4.79 Å². The van der Waals surface area contributed by atoms with E-state index in [0.717, 1.165) is 18.2 Å². The van der Waals surface area contributed by atoms with E-state index in [9.17, 15) is 22.0 Å². The molecule has 1 amide bonds. The van der Waals surface area contributed by atoms with Gasteiger partial charge in [0.15, 0.2) is 11.6 Å². The zero-order chi connectivity index (χ0) is 17.0. The highest BCUT2D eigenvalue weighted by Crippen LogP contribution is 2.13. The van der Waals surface area contributed by atoms with Crippen molar-refractivity contribution in [2.45, 2.75) is 4.90 Å². The highest BCUT2D eigenvalue weighted by Gasteiger charge is 2.07. The molecule has 5 nitrogen and oxygen atoms in total. The Morgan fingerprint density at radius 2 is 1.70 bits per heavy atom. The Kier molecular flexibility index (Phi) is 4.87. The molecular formula is C15H12F2N2O3S. The van der Waals surface area contributed by atoms with Gasteiger partial charge in [0.25, 0.3) is 0 Å². The topological polar surface area (TPSA) is 89.3 Å². The molecule has 0 spiro atoms. The maximum atomic E-state index is 13.0. The summed E-state index contributed by atoms with van der Waals surface area (Å²) in [6, 6.07) is 8.50. The molecule has 0 aliphatic carbocycles. The minimum atomic E-state index is -3.79. The summed E-state index contributed by atoms with van der Waals surface area (Å²) in [4.78, 5) is 11.6. The van der Waals surface area contributed by atoms with Crippen molar-refractivity contribution in [3.05, 3.63) is 65.7 Å². The molecule has 0 aromatic heterocycles. The number of nitrogens with one attached hydrogen (secondary N) is 1. The summed E-state index contributed by atoms with van der Waals surface area (Å²) < 4.78 is 48.0. The van der Waals surface area contributed by atoms with Gasteiger partial charge >= 0.3 is 0 Å². The van der Waals surface area contributed by atoms with Gasteiger partial charge in [0.1, 0.15) is 0 Å². The Morgan fingerprint density at radius 1 is 1.04 bits per heavy atom. The van der Waals surface area contributed by atoms with E-state index in [0.29, 0.717) is 11.3 Å². The van der Waals surface area contributed by atoms with E-state index in [1.54, 1.807) is 0 Å². The quantitative estimate of drug-likeness (QED) is 0.838. The molecule has 120 valence electrons. The van der Waals surface area contributed by atoms with Crippen LogP contribution in [0.2, 0.25) is 0 Å². The van der Waals surface area contributed by atoms with Crippen LogP contribution in [0.25, 0.3) is 6.08 Å². The normalized spacial score (nSPS) is 11.6.